The van der Waals surface area contributed by atoms with Crippen molar-refractivity contribution in [3.8, 4) is 0 Å². The van der Waals surface area contributed by atoms with Gasteiger partial charge in [-0.25, -0.2) is 0 Å². The van der Waals surface area contributed by atoms with Crippen LogP contribution in [0.5, 0.6) is 0 Å². The molecule has 4 nitrogen and oxygen atoms in total. The van der Waals surface area contributed by atoms with Crippen molar-refractivity contribution in [2.24, 2.45) is 0 Å². The standard InChI is InChI=1S/C12H24N2O2/c1-10(2)14-12(16)9-7-5-4-6-8-11(15)13-3/h10H,4-9H2,1-3H3,(H,13,15)(H,14,16). The van der Waals surface area contributed by atoms with Gasteiger partial charge in [0.1, 0.15) is 0 Å². The highest BCUT2D eigenvalue weighted by atomic mass is 16.2. The molecule has 0 aromatic heterocycles. The molecule has 0 saturated carbocycles. The predicted molar refractivity (Wildman–Crippen MR) is 65.0 cm³/mol. The van der Waals surface area contributed by atoms with Crippen LogP contribution in [0.3, 0.4) is 0 Å². The summed E-state index contributed by atoms with van der Waals surface area (Å²) in [5.74, 6) is 0.221. The van der Waals surface area contributed by atoms with E-state index in [-0.39, 0.29) is 17.9 Å². The third-order valence-electron chi connectivity index (χ3n) is 2.29. The van der Waals surface area contributed by atoms with Crippen molar-refractivity contribution < 1.29 is 9.59 Å². The molecule has 0 radical (unpaired) electrons. The van der Waals surface area contributed by atoms with Crippen LogP contribution < -0.4 is 10.6 Å². The summed E-state index contributed by atoms with van der Waals surface area (Å²) >= 11 is 0. The van der Waals surface area contributed by atoms with Crippen LogP contribution in [0.1, 0.15) is 52.4 Å². The molecular formula is C12H24N2O2. The van der Waals surface area contributed by atoms with Crippen LogP contribution in [0.2, 0.25) is 0 Å². The lowest BCUT2D eigenvalue weighted by atomic mass is 10.1. The summed E-state index contributed by atoms with van der Waals surface area (Å²) in [5.41, 5.74) is 0. The minimum atomic E-state index is 0.0950. The number of amides is 2. The lowest BCUT2D eigenvalue weighted by Gasteiger charge is -2.07. The molecule has 0 aliphatic carbocycles. The Labute approximate surface area is 98.2 Å². The second kappa shape index (κ2) is 9.19. The summed E-state index contributed by atoms with van der Waals surface area (Å²) in [6, 6.07) is 0.223. The smallest absolute Gasteiger partial charge is 0.220 e. The number of carbonyl (C=O) groups is 2. The number of hydrogen-bond acceptors (Lipinski definition) is 2. The largest absolute Gasteiger partial charge is 0.359 e. The van der Waals surface area contributed by atoms with E-state index in [9.17, 15) is 9.59 Å². The van der Waals surface area contributed by atoms with E-state index < -0.39 is 0 Å². The van der Waals surface area contributed by atoms with E-state index in [1.165, 1.54) is 0 Å². The molecule has 0 aliphatic heterocycles. The van der Waals surface area contributed by atoms with Crippen molar-refractivity contribution in [1.82, 2.24) is 10.6 Å². The molecule has 4 heteroatoms. The molecule has 0 aromatic carbocycles. The number of hydrogen-bond donors (Lipinski definition) is 2. The monoisotopic (exact) mass is 228 g/mol. The van der Waals surface area contributed by atoms with Crippen molar-refractivity contribution in [3.05, 3.63) is 0 Å². The van der Waals surface area contributed by atoms with Crippen LogP contribution in [0.25, 0.3) is 0 Å². The first kappa shape index (κ1) is 14.9. The molecule has 0 heterocycles. The van der Waals surface area contributed by atoms with Crippen LogP contribution in [0.4, 0.5) is 0 Å². The van der Waals surface area contributed by atoms with E-state index in [0.717, 1.165) is 25.7 Å². The van der Waals surface area contributed by atoms with Crippen LogP contribution in [-0.4, -0.2) is 24.9 Å². The Morgan fingerprint density at radius 2 is 1.44 bits per heavy atom. The van der Waals surface area contributed by atoms with Crippen LogP contribution >= 0.6 is 0 Å². The fourth-order valence-electron chi connectivity index (χ4n) is 1.44. The van der Waals surface area contributed by atoms with E-state index in [2.05, 4.69) is 10.6 Å². The van der Waals surface area contributed by atoms with E-state index in [0.29, 0.717) is 12.8 Å². The average Bonchev–Trinajstić information content (AvgIpc) is 2.21. The molecule has 2 N–H and O–H groups in total. The maximum atomic E-state index is 11.3. The van der Waals surface area contributed by atoms with Gasteiger partial charge in [-0.15, -0.1) is 0 Å². The zero-order chi connectivity index (χ0) is 12.4. The SMILES string of the molecule is CNC(=O)CCCCCCC(=O)NC(C)C. The Morgan fingerprint density at radius 1 is 0.938 bits per heavy atom. The topological polar surface area (TPSA) is 58.2 Å². The third-order valence-corrected chi connectivity index (χ3v) is 2.29. The molecular weight excluding hydrogens is 204 g/mol. The van der Waals surface area contributed by atoms with Crippen molar-refractivity contribution >= 4 is 11.8 Å². The normalized spacial score (nSPS) is 10.2. The maximum absolute atomic E-state index is 11.3. The van der Waals surface area contributed by atoms with Gasteiger partial charge in [-0.2, -0.15) is 0 Å². The zero-order valence-corrected chi connectivity index (χ0v) is 10.6. The van der Waals surface area contributed by atoms with E-state index in [1.54, 1.807) is 7.05 Å². The lowest BCUT2D eigenvalue weighted by Crippen LogP contribution is -2.29. The Hall–Kier alpha value is -1.06. The summed E-state index contributed by atoms with van der Waals surface area (Å²) in [6.45, 7) is 3.92. The molecule has 94 valence electrons. The molecule has 0 aliphatic rings. The summed E-state index contributed by atoms with van der Waals surface area (Å²) < 4.78 is 0. The average molecular weight is 228 g/mol. The maximum Gasteiger partial charge on any atom is 0.220 e. The number of rotatable bonds is 8. The van der Waals surface area contributed by atoms with Gasteiger partial charge in [0.05, 0.1) is 0 Å². The molecule has 0 aromatic rings. The fraction of sp³-hybridized carbons (Fsp3) is 0.833. The minimum Gasteiger partial charge on any atom is -0.359 e. The minimum absolute atomic E-state index is 0.0950. The summed E-state index contributed by atoms with van der Waals surface area (Å²) in [7, 11) is 1.65. The quantitative estimate of drug-likeness (QED) is 0.620. The third kappa shape index (κ3) is 9.49. The summed E-state index contributed by atoms with van der Waals surface area (Å²) in [6.07, 6.45) is 5.04. The van der Waals surface area contributed by atoms with E-state index in [1.807, 2.05) is 13.8 Å². The Morgan fingerprint density at radius 3 is 1.88 bits per heavy atom. The highest BCUT2D eigenvalue weighted by Gasteiger charge is 2.02. The Balaban J connectivity index is 3.27. The molecule has 0 rings (SSSR count). The van der Waals surface area contributed by atoms with Crippen molar-refractivity contribution in [2.75, 3.05) is 7.05 Å². The molecule has 0 saturated heterocycles. The Bertz CT molecular complexity index is 215. The number of nitrogens with one attached hydrogen (secondary N) is 2. The van der Waals surface area contributed by atoms with Crippen molar-refractivity contribution in [1.29, 1.82) is 0 Å². The van der Waals surface area contributed by atoms with Gasteiger partial charge in [0.25, 0.3) is 0 Å². The van der Waals surface area contributed by atoms with Gasteiger partial charge >= 0.3 is 0 Å². The first-order chi connectivity index (χ1) is 7.56. The highest BCUT2D eigenvalue weighted by Crippen LogP contribution is 2.05. The van der Waals surface area contributed by atoms with Gasteiger partial charge in [0.2, 0.25) is 11.8 Å². The van der Waals surface area contributed by atoms with Gasteiger partial charge in [0, 0.05) is 25.9 Å². The van der Waals surface area contributed by atoms with Gasteiger partial charge < -0.3 is 10.6 Å². The van der Waals surface area contributed by atoms with E-state index in [4.69, 9.17) is 0 Å². The fourth-order valence-corrected chi connectivity index (χ4v) is 1.44. The second-order valence-corrected chi connectivity index (χ2v) is 4.31. The number of carbonyl (C=O) groups excluding carboxylic acids is 2. The van der Waals surface area contributed by atoms with E-state index >= 15 is 0 Å². The lowest BCUT2D eigenvalue weighted by molar-refractivity contribution is -0.122. The molecule has 0 spiro atoms. The molecule has 0 unspecified atom stereocenters. The first-order valence-electron chi connectivity index (χ1n) is 6.06. The van der Waals surface area contributed by atoms with Crippen molar-refractivity contribution in [2.45, 2.75) is 58.4 Å². The molecule has 16 heavy (non-hydrogen) atoms. The van der Waals surface area contributed by atoms with Crippen LogP contribution in [0.15, 0.2) is 0 Å². The molecule has 2 amide bonds. The van der Waals surface area contributed by atoms with Gasteiger partial charge in [0.15, 0.2) is 0 Å². The van der Waals surface area contributed by atoms with Gasteiger partial charge in [-0.1, -0.05) is 12.8 Å². The molecule has 0 atom stereocenters. The second-order valence-electron chi connectivity index (χ2n) is 4.31. The summed E-state index contributed by atoms with van der Waals surface area (Å²) in [4.78, 5) is 22.2. The number of unbranched alkanes of at least 4 members (excludes halogenated alkanes) is 3. The molecule has 0 fully saturated rings. The van der Waals surface area contributed by atoms with Crippen LogP contribution in [-0.2, 0) is 9.59 Å². The predicted octanol–water partition coefficient (Wildman–Crippen LogP) is 1.60. The summed E-state index contributed by atoms with van der Waals surface area (Å²) in [5, 5.41) is 5.45. The Kier molecular flexibility index (Phi) is 8.58. The van der Waals surface area contributed by atoms with Gasteiger partial charge in [-0.3, -0.25) is 9.59 Å². The van der Waals surface area contributed by atoms with Crippen LogP contribution in [0, 0.1) is 0 Å². The first-order valence-corrected chi connectivity index (χ1v) is 6.06. The van der Waals surface area contributed by atoms with Gasteiger partial charge in [-0.05, 0) is 26.7 Å². The zero-order valence-electron chi connectivity index (χ0n) is 10.6. The molecule has 0 bridgehead atoms. The van der Waals surface area contributed by atoms with Crippen molar-refractivity contribution in [3.63, 3.8) is 0 Å². The highest BCUT2D eigenvalue weighted by molar-refractivity contribution is 5.76.